The van der Waals surface area contributed by atoms with E-state index in [9.17, 15) is 4.79 Å². The molecule has 1 saturated heterocycles. The fourth-order valence-corrected chi connectivity index (χ4v) is 0.937. The maximum atomic E-state index is 11.0. The molecule has 0 unspecified atom stereocenters. The second kappa shape index (κ2) is 5.10. The molecule has 0 atom stereocenters. The predicted octanol–water partition coefficient (Wildman–Crippen LogP) is -0.641. The molecule has 0 bridgehead atoms. The fourth-order valence-electron chi connectivity index (χ4n) is 0.937. The molecule has 6 heteroatoms. The Morgan fingerprint density at radius 3 is 2.33 bits per heavy atom. The molecular formula is C6H12BrN3O2. The van der Waals surface area contributed by atoms with E-state index in [1.54, 1.807) is 0 Å². The molecule has 1 heterocycles. The van der Waals surface area contributed by atoms with E-state index in [2.05, 4.69) is 0 Å². The van der Waals surface area contributed by atoms with E-state index in [-0.39, 0.29) is 17.0 Å². The summed E-state index contributed by atoms with van der Waals surface area (Å²) in [4.78, 5) is 12.5. The van der Waals surface area contributed by atoms with Crippen LogP contribution in [0.5, 0.6) is 0 Å². The Hall–Kier alpha value is -0.620. The summed E-state index contributed by atoms with van der Waals surface area (Å²) in [6.45, 7) is 2.16. The molecule has 0 saturated carbocycles. The molecule has 1 aliphatic heterocycles. The third kappa shape index (κ3) is 2.78. The number of rotatable bonds is 0. The van der Waals surface area contributed by atoms with Crippen LogP contribution < -0.4 is 5.73 Å². The van der Waals surface area contributed by atoms with Crippen LogP contribution in [0.25, 0.3) is 0 Å². The molecule has 0 spiro atoms. The van der Waals surface area contributed by atoms with Crippen LogP contribution in [0.4, 0.5) is 0 Å². The number of nitrogens with two attached hydrogens (primary N) is 1. The second-order valence-corrected chi connectivity index (χ2v) is 2.32. The summed E-state index contributed by atoms with van der Waals surface area (Å²) in [6, 6.07) is 0. The smallest absolute Gasteiger partial charge is 0.288 e. The van der Waals surface area contributed by atoms with Crippen LogP contribution in [0.1, 0.15) is 0 Å². The second-order valence-electron chi connectivity index (χ2n) is 2.32. The van der Waals surface area contributed by atoms with E-state index in [1.165, 1.54) is 4.90 Å². The molecule has 0 aliphatic carbocycles. The van der Waals surface area contributed by atoms with Crippen LogP contribution in [-0.4, -0.2) is 42.9 Å². The minimum atomic E-state index is -0.396. The van der Waals surface area contributed by atoms with Gasteiger partial charge >= 0.3 is 0 Å². The molecule has 0 aromatic heterocycles. The lowest BCUT2D eigenvalue weighted by atomic mass is 10.4. The molecule has 1 fully saturated rings. The number of ether oxygens (including phenoxy) is 1. The van der Waals surface area contributed by atoms with Crippen molar-refractivity contribution in [1.82, 2.24) is 4.90 Å². The first-order valence-corrected chi connectivity index (χ1v) is 3.43. The number of hydrogen-bond donors (Lipinski definition) is 2. The summed E-state index contributed by atoms with van der Waals surface area (Å²) < 4.78 is 5.02. The van der Waals surface area contributed by atoms with Gasteiger partial charge in [-0.3, -0.25) is 10.2 Å². The highest BCUT2D eigenvalue weighted by atomic mass is 79.9. The van der Waals surface area contributed by atoms with E-state index in [4.69, 9.17) is 15.9 Å². The van der Waals surface area contributed by atoms with Crippen molar-refractivity contribution >= 4 is 28.7 Å². The molecule has 3 N–H and O–H groups in total. The highest BCUT2D eigenvalue weighted by Crippen LogP contribution is 1.96. The molecule has 0 radical (unpaired) electrons. The van der Waals surface area contributed by atoms with Gasteiger partial charge in [0.15, 0.2) is 5.84 Å². The molecule has 1 amide bonds. The average molecular weight is 238 g/mol. The number of nitrogens with zero attached hydrogens (tertiary/aromatic N) is 1. The standard InChI is InChI=1S/C6H11N3O2.BrH/c7-5(8)6(10)9-1-3-11-4-2-9;/h1-4H2,(H3,7,8);1H. The number of carbonyl (C=O) groups excluding carboxylic acids is 1. The van der Waals surface area contributed by atoms with Crippen LogP contribution in [0.2, 0.25) is 0 Å². The Balaban J connectivity index is 0.00000121. The summed E-state index contributed by atoms with van der Waals surface area (Å²) >= 11 is 0. The van der Waals surface area contributed by atoms with Crippen LogP contribution in [0, 0.1) is 5.41 Å². The first kappa shape index (κ1) is 11.4. The van der Waals surface area contributed by atoms with Gasteiger partial charge in [0.05, 0.1) is 13.2 Å². The zero-order chi connectivity index (χ0) is 8.27. The number of halogens is 1. The number of carbonyl (C=O) groups is 1. The lowest BCUT2D eigenvalue weighted by Crippen LogP contribution is -2.46. The molecule has 1 aliphatic rings. The van der Waals surface area contributed by atoms with E-state index in [0.29, 0.717) is 26.3 Å². The highest BCUT2D eigenvalue weighted by molar-refractivity contribution is 8.93. The van der Waals surface area contributed by atoms with Gasteiger partial charge in [-0.1, -0.05) is 0 Å². The van der Waals surface area contributed by atoms with Gasteiger partial charge < -0.3 is 15.4 Å². The monoisotopic (exact) mass is 237 g/mol. The SMILES string of the molecule is Br.N=C(N)C(=O)N1CCOCC1. The summed E-state index contributed by atoms with van der Waals surface area (Å²) in [5, 5.41) is 6.88. The molecule has 70 valence electrons. The third-order valence-electron chi connectivity index (χ3n) is 1.53. The first-order chi connectivity index (χ1) is 5.22. The molecule has 1 rings (SSSR count). The number of amides is 1. The third-order valence-corrected chi connectivity index (χ3v) is 1.53. The lowest BCUT2D eigenvalue weighted by molar-refractivity contribution is -0.128. The quantitative estimate of drug-likeness (QED) is 0.435. The van der Waals surface area contributed by atoms with Crippen molar-refractivity contribution in [2.45, 2.75) is 0 Å². The number of morpholine rings is 1. The van der Waals surface area contributed by atoms with Crippen molar-refractivity contribution in [1.29, 1.82) is 5.41 Å². The summed E-state index contributed by atoms with van der Waals surface area (Å²) in [7, 11) is 0. The van der Waals surface area contributed by atoms with E-state index in [0.717, 1.165) is 0 Å². The minimum absolute atomic E-state index is 0. The molecule has 5 nitrogen and oxygen atoms in total. The topological polar surface area (TPSA) is 79.4 Å². The van der Waals surface area contributed by atoms with Gasteiger partial charge in [0.1, 0.15) is 0 Å². The van der Waals surface area contributed by atoms with Gasteiger partial charge in [0.2, 0.25) is 0 Å². The molecule has 12 heavy (non-hydrogen) atoms. The van der Waals surface area contributed by atoms with Crippen molar-refractivity contribution in [3.8, 4) is 0 Å². The normalized spacial score (nSPS) is 16.5. The Bertz CT molecular complexity index is 180. The van der Waals surface area contributed by atoms with Gasteiger partial charge in [-0.2, -0.15) is 0 Å². The molecule has 0 aromatic carbocycles. The maximum absolute atomic E-state index is 11.0. The van der Waals surface area contributed by atoms with Crippen LogP contribution in [0.15, 0.2) is 0 Å². The van der Waals surface area contributed by atoms with Crippen molar-refractivity contribution in [2.24, 2.45) is 5.73 Å². The summed E-state index contributed by atoms with van der Waals surface area (Å²) in [5.74, 6) is -0.791. The van der Waals surface area contributed by atoms with Crippen molar-refractivity contribution in [3.63, 3.8) is 0 Å². The lowest BCUT2D eigenvalue weighted by Gasteiger charge is -2.25. The van der Waals surface area contributed by atoms with Gasteiger partial charge in [-0.15, -0.1) is 17.0 Å². The fraction of sp³-hybridized carbons (Fsp3) is 0.667. The first-order valence-electron chi connectivity index (χ1n) is 3.43. The maximum Gasteiger partial charge on any atom is 0.288 e. The van der Waals surface area contributed by atoms with Crippen LogP contribution in [-0.2, 0) is 9.53 Å². The summed E-state index contributed by atoms with van der Waals surface area (Å²) in [6.07, 6.45) is 0. The Labute approximate surface area is 81.1 Å². The summed E-state index contributed by atoms with van der Waals surface area (Å²) in [5.41, 5.74) is 5.02. The van der Waals surface area contributed by atoms with E-state index >= 15 is 0 Å². The van der Waals surface area contributed by atoms with Crippen molar-refractivity contribution in [2.75, 3.05) is 26.3 Å². The predicted molar refractivity (Wildman–Crippen MR) is 49.6 cm³/mol. The zero-order valence-corrected chi connectivity index (χ0v) is 8.29. The molecular weight excluding hydrogens is 226 g/mol. The van der Waals surface area contributed by atoms with Crippen LogP contribution in [0.3, 0.4) is 0 Å². The number of hydrogen-bond acceptors (Lipinski definition) is 3. The Morgan fingerprint density at radius 2 is 1.92 bits per heavy atom. The van der Waals surface area contributed by atoms with Gasteiger partial charge in [-0.25, -0.2) is 0 Å². The minimum Gasteiger partial charge on any atom is -0.380 e. The Kier molecular flexibility index (Phi) is 4.84. The van der Waals surface area contributed by atoms with Gasteiger partial charge in [-0.05, 0) is 0 Å². The van der Waals surface area contributed by atoms with Crippen LogP contribution >= 0.6 is 17.0 Å². The number of nitrogens with one attached hydrogen (secondary N) is 1. The van der Waals surface area contributed by atoms with Crippen molar-refractivity contribution in [3.05, 3.63) is 0 Å². The van der Waals surface area contributed by atoms with E-state index in [1.807, 2.05) is 0 Å². The van der Waals surface area contributed by atoms with E-state index < -0.39 is 11.7 Å². The highest BCUT2D eigenvalue weighted by Gasteiger charge is 2.18. The average Bonchev–Trinajstić information content (AvgIpc) is 2.05. The zero-order valence-electron chi connectivity index (χ0n) is 6.58. The number of amidine groups is 1. The van der Waals surface area contributed by atoms with Gasteiger partial charge in [0, 0.05) is 13.1 Å². The largest absolute Gasteiger partial charge is 0.380 e. The molecule has 0 aromatic rings. The Morgan fingerprint density at radius 1 is 1.42 bits per heavy atom. The van der Waals surface area contributed by atoms with Crippen molar-refractivity contribution < 1.29 is 9.53 Å². The van der Waals surface area contributed by atoms with Gasteiger partial charge in [0.25, 0.3) is 5.91 Å².